The lowest BCUT2D eigenvalue weighted by molar-refractivity contribution is -0.134. The fourth-order valence-corrected chi connectivity index (χ4v) is 4.74. The highest BCUT2D eigenvalue weighted by atomic mass is 79.9. The van der Waals surface area contributed by atoms with Crippen LogP contribution in [0.25, 0.3) is 0 Å². The maximum absolute atomic E-state index is 14.6. The molecule has 4 rings (SSSR count). The Morgan fingerprint density at radius 3 is 2.75 bits per heavy atom. The molecule has 28 heavy (non-hydrogen) atoms. The van der Waals surface area contributed by atoms with E-state index in [4.69, 9.17) is 17.0 Å². The van der Waals surface area contributed by atoms with Crippen LogP contribution in [-0.4, -0.2) is 46.2 Å². The highest BCUT2D eigenvalue weighted by Gasteiger charge is 2.33. The van der Waals surface area contributed by atoms with E-state index in [1.165, 1.54) is 12.1 Å². The van der Waals surface area contributed by atoms with Crippen LogP contribution in [0.3, 0.4) is 0 Å². The summed E-state index contributed by atoms with van der Waals surface area (Å²) in [5.41, 5.74) is 1.78. The van der Waals surface area contributed by atoms with Crippen molar-refractivity contribution < 1.29 is 18.3 Å². The Morgan fingerprint density at radius 2 is 2.04 bits per heavy atom. The van der Waals surface area contributed by atoms with Crippen LogP contribution < -0.4 is 0 Å². The predicted molar refractivity (Wildman–Crippen MR) is 106 cm³/mol. The van der Waals surface area contributed by atoms with Gasteiger partial charge in [-0.05, 0) is 46.7 Å². The summed E-state index contributed by atoms with van der Waals surface area (Å²) in [6.07, 6.45) is 0.666. The molecule has 1 saturated heterocycles. The standard InChI is InChI=1S/C19H20BrF2N3O2S/c1-23-14(9-16(26)24-4-6-27-7-5-24)15-8-11(10-25(15)19(23)28)17-13(21)3-2-12(20)18(17)22/h2-3,11H,4-10H2,1H3/t11-/m1/s1. The highest BCUT2D eigenvalue weighted by Crippen LogP contribution is 2.37. The normalized spacial score (nSPS) is 19.1. The van der Waals surface area contributed by atoms with Gasteiger partial charge in [0.2, 0.25) is 5.91 Å². The molecule has 1 aromatic heterocycles. The number of morpholine rings is 1. The lowest BCUT2D eigenvalue weighted by Crippen LogP contribution is -2.41. The largest absolute Gasteiger partial charge is 0.378 e. The summed E-state index contributed by atoms with van der Waals surface area (Å²) < 4.78 is 38.8. The molecule has 0 N–H and O–H groups in total. The Kier molecular flexibility index (Phi) is 5.41. The topological polar surface area (TPSA) is 39.4 Å². The second kappa shape index (κ2) is 7.68. The van der Waals surface area contributed by atoms with Crippen molar-refractivity contribution >= 4 is 34.1 Å². The van der Waals surface area contributed by atoms with E-state index in [1.807, 2.05) is 16.2 Å². The van der Waals surface area contributed by atoms with Crippen molar-refractivity contribution in [2.75, 3.05) is 26.3 Å². The molecular weight excluding hydrogens is 452 g/mol. The number of hydrogen-bond acceptors (Lipinski definition) is 3. The minimum absolute atomic E-state index is 0.0190. The van der Waals surface area contributed by atoms with Crippen molar-refractivity contribution in [1.29, 1.82) is 0 Å². The zero-order valence-corrected chi connectivity index (χ0v) is 17.8. The summed E-state index contributed by atoms with van der Waals surface area (Å²) in [6.45, 7) is 2.65. The second-order valence-electron chi connectivity index (χ2n) is 7.17. The number of benzene rings is 1. The van der Waals surface area contributed by atoms with Gasteiger partial charge in [-0.25, -0.2) is 8.78 Å². The number of fused-ring (bicyclic) bond motifs is 1. The molecule has 150 valence electrons. The van der Waals surface area contributed by atoms with Crippen molar-refractivity contribution in [3.05, 3.63) is 50.0 Å². The summed E-state index contributed by atoms with van der Waals surface area (Å²) in [6, 6.07) is 2.64. The third-order valence-electron chi connectivity index (χ3n) is 5.59. The zero-order valence-electron chi connectivity index (χ0n) is 15.4. The SMILES string of the molecule is Cn1c(CC(=O)N2CCOCC2)c2n(c1=S)C[C@H](c1c(F)ccc(Br)c1F)C2. The number of ether oxygens (including phenoxy) is 1. The number of aromatic nitrogens is 2. The van der Waals surface area contributed by atoms with E-state index in [2.05, 4.69) is 15.9 Å². The van der Waals surface area contributed by atoms with Crippen LogP contribution in [0.4, 0.5) is 8.78 Å². The summed E-state index contributed by atoms with van der Waals surface area (Å²) in [7, 11) is 1.84. The molecule has 2 aliphatic heterocycles. The van der Waals surface area contributed by atoms with E-state index in [0.717, 1.165) is 11.4 Å². The van der Waals surface area contributed by atoms with Gasteiger partial charge in [0.25, 0.3) is 0 Å². The monoisotopic (exact) mass is 471 g/mol. The molecular formula is C19H20BrF2N3O2S. The third-order valence-corrected chi connectivity index (χ3v) is 6.70. The maximum atomic E-state index is 14.6. The first kappa shape index (κ1) is 19.7. The maximum Gasteiger partial charge on any atom is 0.228 e. The molecule has 5 nitrogen and oxygen atoms in total. The number of amides is 1. The van der Waals surface area contributed by atoms with Gasteiger partial charge in [-0.3, -0.25) is 4.79 Å². The van der Waals surface area contributed by atoms with Crippen molar-refractivity contribution in [2.24, 2.45) is 7.05 Å². The molecule has 0 unspecified atom stereocenters. The van der Waals surface area contributed by atoms with Crippen LogP contribution in [0.2, 0.25) is 0 Å². The van der Waals surface area contributed by atoms with Gasteiger partial charge in [-0.2, -0.15) is 0 Å². The van der Waals surface area contributed by atoms with Crippen molar-refractivity contribution in [1.82, 2.24) is 14.0 Å². The average Bonchev–Trinajstić information content (AvgIpc) is 3.21. The van der Waals surface area contributed by atoms with Crippen molar-refractivity contribution in [3.63, 3.8) is 0 Å². The van der Waals surface area contributed by atoms with Crippen LogP contribution in [0.15, 0.2) is 16.6 Å². The Morgan fingerprint density at radius 1 is 1.32 bits per heavy atom. The third kappa shape index (κ3) is 3.33. The Bertz CT molecular complexity index is 998. The van der Waals surface area contributed by atoms with Crippen molar-refractivity contribution in [2.45, 2.75) is 25.3 Å². The Balaban J connectivity index is 1.63. The van der Waals surface area contributed by atoms with Gasteiger partial charge < -0.3 is 18.8 Å². The molecule has 1 aromatic carbocycles. The first-order valence-corrected chi connectivity index (χ1v) is 10.3. The van der Waals surface area contributed by atoms with E-state index >= 15 is 0 Å². The number of rotatable bonds is 3. The van der Waals surface area contributed by atoms with Crippen LogP contribution in [0.5, 0.6) is 0 Å². The predicted octanol–water partition coefficient (Wildman–Crippen LogP) is 3.34. The molecule has 2 aromatic rings. The first-order chi connectivity index (χ1) is 13.4. The lowest BCUT2D eigenvalue weighted by atomic mass is 9.95. The number of imidazole rings is 1. The number of carbonyl (C=O) groups is 1. The molecule has 1 amide bonds. The number of carbonyl (C=O) groups excluding carboxylic acids is 1. The van der Waals surface area contributed by atoms with Crippen molar-refractivity contribution in [3.8, 4) is 0 Å². The number of hydrogen-bond donors (Lipinski definition) is 0. The molecule has 9 heteroatoms. The van der Waals surface area contributed by atoms with Crippen LogP contribution in [0.1, 0.15) is 22.9 Å². The van der Waals surface area contributed by atoms with Gasteiger partial charge in [0.05, 0.1) is 24.1 Å². The van der Waals surface area contributed by atoms with E-state index in [-0.39, 0.29) is 28.3 Å². The Labute approximate surface area is 175 Å². The number of halogens is 3. The Hall–Kier alpha value is -1.58. The fourth-order valence-electron chi connectivity index (χ4n) is 4.09. The van der Waals surface area contributed by atoms with Crippen LogP contribution in [0, 0.1) is 16.4 Å². The van der Waals surface area contributed by atoms with Gasteiger partial charge in [0.15, 0.2) is 4.77 Å². The summed E-state index contributed by atoms with van der Waals surface area (Å²) in [5.74, 6) is -1.46. The molecule has 0 saturated carbocycles. The van der Waals surface area contributed by atoms with Gasteiger partial charge in [0, 0.05) is 49.6 Å². The second-order valence-corrected chi connectivity index (χ2v) is 8.39. The summed E-state index contributed by atoms with van der Waals surface area (Å²) >= 11 is 8.67. The van der Waals surface area contributed by atoms with E-state index in [1.54, 1.807) is 4.90 Å². The summed E-state index contributed by atoms with van der Waals surface area (Å²) in [5, 5.41) is 0. The molecule has 2 aliphatic rings. The molecule has 1 atom stereocenters. The van der Waals surface area contributed by atoms with Gasteiger partial charge in [-0.15, -0.1) is 0 Å². The molecule has 0 radical (unpaired) electrons. The quantitative estimate of drug-likeness (QED) is 0.509. The molecule has 1 fully saturated rings. The van der Waals surface area contributed by atoms with Crippen LogP contribution >= 0.6 is 28.1 Å². The fraction of sp³-hybridized carbons (Fsp3) is 0.474. The average molecular weight is 472 g/mol. The minimum Gasteiger partial charge on any atom is -0.378 e. The molecule has 0 aliphatic carbocycles. The van der Waals surface area contributed by atoms with Gasteiger partial charge in [0.1, 0.15) is 11.6 Å². The molecule has 0 spiro atoms. The minimum atomic E-state index is -0.572. The highest BCUT2D eigenvalue weighted by molar-refractivity contribution is 9.10. The van der Waals surface area contributed by atoms with Gasteiger partial charge in [-0.1, -0.05) is 0 Å². The van der Waals surface area contributed by atoms with E-state index in [9.17, 15) is 13.6 Å². The molecule has 0 bridgehead atoms. The number of nitrogens with zero attached hydrogens (tertiary/aromatic N) is 3. The lowest BCUT2D eigenvalue weighted by Gasteiger charge is -2.27. The zero-order chi connectivity index (χ0) is 20.0. The molecule has 3 heterocycles. The van der Waals surface area contributed by atoms with E-state index in [0.29, 0.717) is 44.0 Å². The van der Waals surface area contributed by atoms with Crippen LogP contribution in [-0.2, 0) is 36.0 Å². The smallest absolute Gasteiger partial charge is 0.228 e. The van der Waals surface area contributed by atoms with E-state index < -0.39 is 11.6 Å². The van der Waals surface area contributed by atoms with Gasteiger partial charge >= 0.3 is 0 Å². The first-order valence-electron chi connectivity index (χ1n) is 9.14. The summed E-state index contributed by atoms with van der Waals surface area (Å²) in [4.78, 5) is 14.5.